The Morgan fingerprint density at radius 1 is 0.850 bits per heavy atom. The first kappa shape index (κ1) is 16.1. The van der Waals surface area contributed by atoms with Gasteiger partial charge >= 0.3 is 0 Å². The fraction of sp³-hybridized carbons (Fsp3) is 1.00. The van der Waals surface area contributed by atoms with Crippen molar-refractivity contribution in [2.45, 2.75) is 44.7 Å². The quantitative estimate of drug-likeness (QED) is 0.733. The molecular weight excluding hydrogens is 268 g/mol. The minimum atomic E-state index is -0.686. The lowest BCUT2D eigenvalue weighted by Crippen LogP contribution is -2.40. The number of aliphatic hydroxyl groups is 1. The van der Waals surface area contributed by atoms with Gasteiger partial charge in [-0.3, -0.25) is 0 Å². The Kier molecular flexibility index (Phi) is 6.63. The normalized spacial score (nSPS) is 36.8. The van der Waals surface area contributed by atoms with Crippen LogP contribution in [0.15, 0.2) is 0 Å². The van der Waals surface area contributed by atoms with E-state index in [1.54, 1.807) is 0 Å². The van der Waals surface area contributed by atoms with Gasteiger partial charge in [-0.05, 0) is 13.8 Å². The molecule has 0 bridgehead atoms. The summed E-state index contributed by atoms with van der Waals surface area (Å²) in [5, 5.41) is 9.80. The lowest BCUT2D eigenvalue weighted by molar-refractivity contribution is -0.230. The van der Waals surface area contributed by atoms with Crippen LogP contribution in [0, 0.1) is 0 Å². The summed E-state index contributed by atoms with van der Waals surface area (Å²) in [6.45, 7) is 6.00. The van der Waals surface area contributed by atoms with E-state index in [1.165, 1.54) is 0 Å². The van der Waals surface area contributed by atoms with E-state index < -0.39 is 6.10 Å². The third-order valence-corrected chi connectivity index (χ3v) is 3.12. The predicted octanol–water partition coefficient (Wildman–Crippen LogP) is -0.0967. The molecule has 2 aliphatic heterocycles. The molecule has 2 saturated heterocycles. The van der Waals surface area contributed by atoms with E-state index in [2.05, 4.69) is 0 Å². The summed E-state index contributed by atoms with van der Waals surface area (Å²) in [5.41, 5.74) is 0. The van der Waals surface area contributed by atoms with Crippen LogP contribution in [0.2, 0.25) is 0 Å². The van der Waals surface area contributed by atoms with Gasteiger partial charge in [0.25, 0.3) is 0 Å². The second kappa shape index (κ2) is 8.23. The summed E-state index contributed by atoms with van der Waals surface area (Å²) in [6.07, 6.45) is -1.33. The van der Waals surface area contributed by atoms with Crippen molar-refractivity contribution in [1.29, 1.82) is 0 Å². The van der Waals surface area contributed by atoms with Crippen molar-refractivity contribution in [3.8, 4) is 0 Å². The molecule has 2 heterocycles. The molecular formula is C13H24O7. The van der Waals surface area contributed by atoms with Crippen LogP contribution < -0.4 is 0 Å². The van der Waals surface area contributed by atoms with Crippen molar-refractivity contribution in [2.75, 3.05) is 39.6 Å². The summed E-state index contributed by atoms with van der Waals surface area (Å²) in [5.74, 6) is 0. The lowest BCUT2D eigenvalue weighted by atomic mass is 10.3. The molecule has 0 saturated carbocycles. The first-order valence-corrected chi connectivity index (χ1v) is 7.01. The SMILES string of the molecule is CC1OCC(OCC(O)COC2COC(C)OC2)CO1. The highest BCUT2D eigenvalue weighted by Crippen LogP contribution is 2.10. The maximum absolute atomic E-state index is 9.80. The van der Waals surface area contributed by atoms with Gasteiger partial charge in [-0.2, -0.15) is 0 Å². The van der Waals surface area contributed by atoms with Gasteiger partial charge in [0.2, 0.25) is 0 Å². The first-order valence-electron chi connectivity index (χ1n) is 7.01. The van der Waals surface area contributed by atoms with Crippen molar-refractivity contribution >= 4 is 0 Å². The van der Waals surface area contributed by atoms with Crippen molar-refractivity contribution < 1.29 is 33.5 Å². The van der Waals surface area contributed by atoms with Crippen LogP contribution in [-0.2, 0) is 28.4 Å². The topological polar surface area (TPSA) is 75.6 Å². The third kappa shape index (κ3) is 5.61. The molecule has 0 aromatic heterocycles. The Balaban J connectivity index is 1.53. The van der Waals surface area contributed by atoms with Crippen LogP contribution in [0.25, 0.3) is 0 Å². The summed E-state index contributed by atoms with van der Waals surface area (Å²) in [7, 11) is 0. The van der Waals surface area contributed by atoms with Gasteiger partial charge in [0.05, 0.1) is 39.6 Å². The van der Waals surface area contributed by atoms with Crippen LogP contribution in [0.5, 0.6) is 0 Å². The number of hydrogen-bond donors (Lipinski definition) is 1. The van der Waals surface area contributed by atoms with E-state index in [-0.39, 0.29) is 38.0 Å². The first-order chi connectivity index (χ1) is 9.63. The standard InChI is InChI=1S/C13H24O7/c1-9-15-5-12(6-16-9)19-3-11(14)4-20-13-7-17-10(2)18-8-13/h9-14H,3-8H2,1-2H3. The maximum atomic E-state index is 9.80. The summed E-state index contributed by atoms with van der Waals surface area (Å²) >= 11 is 0. The minimum absolute atomic E-state index is 0.136. The van der Waals surface area contributed by atoms with Gasteiger partial charge in [0, 0.05) is 0 Å². The molecule has 0 atom stereocenters. The zero-order valence-electron chi connectivity index (χ0n) is 12.0. The third-order valence-electron chi connectivity index (χ3n) is 3.12. The zero-order chi connectivity index (χ0) is 14.4. The molecule has 2 rings (SSSR count). The molecule has 0 aromatic rings. The van der Waals surface area contributed by atoms with Crippen LogP contribution in [0.3, 0.4) is 0 Å². The lowest BCUT2D eigenvalue weighted by Gasteiger charge is -2.29. The van der Waals surface area contributed by atoms with Crippen LogP contribution in [-0.4, -0.2) is 75.6 Å². The highest BCUT2D eigenvalue weighted by atomic mass is 16.7. The monoisotopic (exact) mass is 292 g/mol. The van der Waals surface area contributed by atoms with Crippen LogP contribution >= 0.6 is 0 Å². The van der Waals surface area contributed by atoms with Gasteiger partial charge in [-0.25, -0.2) is 0 Å². The van der Waals surface area contributed by atoms with Crippen molar-refractivity contribution in [3.05, 3.63) is 0 Å². The molecule has 7 nitrogen and oxygen atoms in total. The Morgan fingerprint density at radius 3 is 1.55 bits per heavy atom. The second-order valence-electron chi connectivity index (χ2n) is 5.03. The van der Waals surface area contributed by atoms with Crippen molar-refractivity contribution in [3.63, 3.8) is 0 Å². The number of ether oxygens (including phenoxy) is 6. The fourth-order valence-electron chi connectivity index (χ4n) is 1.90. The van der Waals surface area contributed by atoms with E-state index >= 15 is 0 Å². The van der Waals surface area contributed by atoms with E-state index in [4.69, 9.17) is 28.4 Å². The van der Waals surface area contributed by atoms with E-state index in [0.717, 1.165) is 0 Å². The number of rotatable bonds is 6. The Hall–Kier alpha value is -0.280. The molecule has 7 heteroatoms. The number of aliphatic hydroxyl groups excluding tert-OH is 1. The molecule has 1 N–H and O–H groups in total. The molecule has 0 aromatic carbocycles. The molecule has 0 spiro atoms. The molecule has 0 aliphatic carbocycles. The molecule has 0 unspecified atom stereocenters. The maximum Gasteiger partial charge on any atom is 0.155 e. The minimum Gasteiger partial charge on any atom is -0.388 e. The molecule has 2 aliphatic rings. The van der Waals surface area contributed by atoms with Crippen LogP contribution in [0.4, 0.5) is 0 Å². The van der Waals surface area contributed by atoms with Gasteiger partial charge in [-0.15, -0.1) is 0 Å². The van der Waals surface area contributed by atoms with E-state index in [9.17, 15) is 5.11 Å². The zero-order valence-corrected chi connectivity index (χ0v) is 12.0. The van der Waals surface area contributed by atoms with Crippen LogP contribution in [0.1, 0.15) is 13.8 Å². The van der Waals surface area contributed by atoms with Crippen molar-refractivity contribution in [1.82, 2.24) is 0 Å². The highest BCUT2D eigenvalue weighted by molar-refractivity contribution is 4.65. The van der Waals surface area contributed by atoms with Gasteiger partial charge in [-0.1, -0.05) is 0 Å². The average Bonchev–Trinajstić information content (AvgIpc) is 2.46. The largest absolute Gasteiger partial charge is 0.388 e. The van der Waals surface area contributed by atoms with E-state index in [1.807, 2.05) is 13.8 Å². The summed E-state index contributed by atoms with van der Waals surface area (Å²) in [4.78, 5) is 0. The molecule has 0 radical (unpaired) electrons. The Bertz CT molecular complexity index is 233. The second-order valence-corrected chi connectivity index (χ2v) is 5.03. The average molecular weight is 292 g/mol. The Morgan fingerprint density at radius 2 is 1.20 bits per heavy atom. The van der Waals surface area contributed by atoms with Gasteiger partial charge in [0.1, 0.15) is 18.3 Å². The molecule has 2 fully saturated rings. The fourth-order valence-corrected chi connectivity index (χ4v) is 1.90. The van der Waals surface area contributed by atoms with Gasteiger partial charge < -0.3 is 33.5 Å². The number of hydrogen-bond acceptors (Lipinski definition) is 7. The molecule has 118 valence electrons. The van der Waals surface area contributed by atoms with Gasteiger partial charge in [0.15, 0.2) is 12.6 Å². The summed E-state index contributed by atoms with van der Waals surface area (Å²) < 4.78 is 32.2. The highest BCUT2D eigenvalue weighted by Gasteiger charge is 2.22. The predicted molar refractivity (Wildman–Crippen MR) is 68.2 cm³/mol. The molecule has 0 amide bonds. The summed E-state index contributed by atoms with van der Waals surface area (Å²) in [6, 6.07) is 0. The molecule has 20 heavy (non-hydrogen) atoms. The van der Waals surface area contributed by atoms with E-state index in [0.29, 0.717) is 26.4 Å². The Labute approximate surface area is 119 Å². The van der Waals surface area contributed by atoms with Crippen molar-refractivity contribution in [2.24, 2.45) is 0 Å². The smallest absolute Gasteiger partial charge is 0.155 e.